The van der Waals surface area contributed by atoms with Gasteiger partial charge >= 0.3 is 5.97 Å². The predicted octanol–water partition coefficient (Wildman–Crippen LogP) is 2.14. The molecule has 1 amide bonds. The molecule has 0 unspecified atom stereocenters. The van der Waals surface area contributed by atoms with Gasteiger partial charge in [-0.15, -0.1) is 11.3 Å². The molecule has 2 aromatic rings. The van der Waals surface area contributed by atoms with Crippen molar-refractivity contribution in [1.29, 1.82) is 0 Å². The van der Waals surface area contributed by atoms with E-state index in [-0.39, 0.29) is 19.1 Å². The molecule has 2 aromatic heterocycles. The number of carbonyl (C=O) groups is 2. The SMILES string of the molecule is Cc1cc(C(=O)N2CCO[C@H](C(=O)O)C2)c(C)n1Cc1cccs1. The van der Waals surface area contributed by atoms with E-state index >= 15 is 0 Å². The highest BCUT2D eigenvalue weighted by atomic mass is 32.1. The minimum absolute atomic E-state index is 0.0861. The molecule has 128 valence electrons. The van der Waals surface area contributed by atoms with Crippen LogP contribution in [0.3, 0.4) is 0 Å². The molecule has 0 saturated carbocycles. The lowest BCUT2D eigenvalue weighted by atomic mass is 10.2. The van der Waals surface area contributed by atoms with Crippen molar-refractivity contribution in [3.63, 3.8) is 0 Å². The number of nitrogens with zero attached hydrogens (tertiary/aromatic N) is 2. The number of rotatable bonds is 4. The van der Waals surface area contributed by atoms with Gasteiger partial charge in [-0.05, 0) is 31.4 Å². The molecule has 0 spiro atoms. The molecule has 24 heavy (non-hydrogen) atoms. The Bertz CT molecular complexity index is 751. The van der Waals surface area contributed by atoms with Crippen molar-refractivity contribution in [2.75, 3.05) is 19.7 Å². The summed E-state index contributed by atoms with van der Waals surface area (Å²) in [6, 6.07) is 5.97. The zero-order valence-corrected chi connectivity index (χ0v) is 14.5. The van der Waals surface area contributed by atoms with Crippen LogP contribution >= 0.6 is 11.3 Å². The van der Waals surface area contributed by atoms with Crippen LogP contribution in [0, 0.1) is 13.8 Å². The van der Waals surface area contributed by atoms with Crippen LogP contribution in [0.5, 0.6) is 0 Å². The van der Waals surface area contributed by atoms with Crippen LogP contribution in [-0.4, -0.2) is 52.3 Å². The maximum absolute atomic E-state index is 12.8. The van der Waals surface area contributed by atoms with Gasteiger partial charge in [-0.3, -0.25) is 4.79 Å². The van der Waals surface area contributed by atoms with Gasteiger partial charge in [0.05, 0.1) is 25.3 Å². The number of carboxylic acids is 1. The lowest BCUT2D eigenvalue weighted by Crippen LogP contribution is -2.48. The first-order chi connectivity index (χ1) is 11.5. The minimum atomic E-state index is -1.03. The summed E-state index contributed by atoms with van der Waals surface area (Å²) in [7, 11) is 0. The van der Waals surface area contributed by atoms with Gasteiger partial charge in [-0.1, -0.05) is 6.07 Å². The summed E-state index contributed by atoms with van der Waals surface area (Å²) in [4.78, 5) is 26.7. The second-order valence-electron chi connectivity index (χ2n) is 5.90. The van der Waals surface area contributed by atoms with Crippen molar-refractivity contribution in [2.24, 2.45) is 0 Å². The quantitative estimate of drug-likeness (QED) is 0.919. The Morgan fingerprint density at radius 1 is 1.42 bits per heavy atom. The molecule has 0 radical (unpaired) electrons. The number of aliphatic carboxylic acids is 1. The highest BCUT2D eigenvalue weighted by molar-refractivity contribution is 7.09. The number of aromatic nitrogens is 1. The molecule has 3 heterocycles. The lowest BCUT2D eigenvalue weighted by Gasteiger charge is -2.30. The van der Waals surface area contributed by atoms with Crippen molar-refractivity contribution in [3.8, 4) is 0 Å². The third-order valence-corrected chi connectivity index (χ3v) is 5.19. The van der Waals surface area contributed by atoms with Gasteiger partial charge in [-0.25, -0.2) is 4.79 Å². The molecular weight excluding hydrogens is 328 g/mol. The summed E-state index contributed by atoms with van der Waals surface area (Å²) in [5.74, 6) is -1.16. The Morgan fingerprint density at radius 3 is 2.88 bits per heavy atom. The molecular formula is C17H20N2O4S. The van der Waals surface area contributed by atoms with E-state index in [1.165, 1.54) is 4.88 Å². The molecule has 3 rings (SSSR count). The molecule has 1 aliphatic rings. The fourth-order valence-electron chi connectivity index (χ4n) is 2.97. The highest BCUT2D eigenvalue weighted by Gasteiger charge is 2.30. The third kappa shape index (κ3) is 3.22. The standard InChI is InChI=1S/C17H20N2O4S/c1-11-8-14(12(2)19(11)9-13-4-3-7-24-13)16(20)18-5-6-23-15(10-18)17(21)22/h3-4,7-8,15H,5-6,9-10H2,1-2H3,(H,21,22)/t15-/m0/s1. The smallest absolute Gasteiger partial charge is 0.334 e. The molecule has 1 aliphatic heterocycles. The van der Waals surface area contributed by atoms with Gasteiger partial charge < -0.3 is 19.3 Å². The van der Waals surface area contributed by atoms with Crippen molar-refractivity contribution >= 4 is 23.2 Å². The molecule has 6 nitrogen and oxygen atoms in total. The van der Waals surface area contributed by atoms with Crippen LogP contribution < -0.4 is 0 Å². The first kappa shape index (κ1) is 16.7. The zero-order chi connectivity index (χ0) is 17.3. The summed E-state index contributed by atoms with van der Waals surface area (Å²) in [5.41, 5.74) is 2.56. The van der Waals surface area contributed by atoms with Gasteiger partial charge in [0.1, 0.15) is 0 Å². The molecule has 1 atom stereocenters. The van der Waals surface area contributed by atoms with E-state index in [9.17, 15) is 9.59 Å². The number of thiophene rings is 1. The highest BCUT2D eigenvalue weighted by Crippen LogP contribution is 2.21. The average molecular weight is 348 g/mol. The Labute approximate surface area is 144 Å². The number of carboxylic acid groups (broad SMARTS) is 1. The van der Waals surface area contributed by atoms with Gasteiger partial charge in [0.2, 0.25) is 0 Å². The van der Waals surface area contributed by atoms with Crippen molar-refractivity contribution in [3.05, 3.63) is 45.4 Å². The first-order valence-corrected chi connectivity index (χ1v) is 8.68. The average Bonchev–Trinajstić information content (AvgIpc) is 3.18. The first-order valence-electron chi connectivity index (χ1n) is 7.80. The summed E-state index contributed by atoms with van der Waals surface area (Å²) >= 11 is 1.69. The Balaban J connectivity index is 1.81. The monoisotopic (exact) mass is 348 g/mol. The summed E-state index contributed by atoms with van der Waals surface area (Å²) in [5, 5.41) is 11.1. The molecule has 0 bridgehead atoms. The van der Waals surface area contributed by atoms with Gasteiger partial charge in [0, 0.05) is 22.8 Å². The van der Waals surface area contributed by atoms with E-state index in [4.69, 9.17) is 9.84 Å². The maximum atomic E-state index is 12.8. The zero-order valence-electron chi connectivity index (χ0n) is 13.7. The molecule has 1 fully saturated rings. The number of ether oxygens (including phenoxy) is 1. The molecule has 1 saturated heterocycles. The lowest BCUT2D eigenvalue weighted by molar-refractivity contribution is -0.154. The molecule has 1 N–H and O–H groups in total. The van der Waals surface area contributed by atoms with Crippen LogP contribution in [0.4, 0.5) is 0 Å². The molecule has 0 aromatic carbocycles. The topological polar surface area (TPSA) is 71.8 Å². The van der Waals surface area contributed by atoms with Crippen LogP contribution in [0.25, 0.3) is 0 Å². The fourth-order valence-corrected chi connectivity index (χ4v) is 3.67. The van der Waals surface area contributed by atoms with E-state index in [0.29, 0.717) is 12.1 Å². The van der Waals surface area contributed by atoms with Crippen molar-refractivity contribution < 1.29 is 19.4 Å². The largest absolute Gasteiger partial charge is 0.479 e. The van der Waals surface area contributed by atoms with Crippen molar-refractivity contribution in [1.82, 2.24) is 9.47 Å². The predicted molar refractivity (Wildman–Crippen MR) is 90.6 cm³/mol. The van der Waals surface area contributed by atoms with Gasteiger partial charge in [-0.2, -0.15) is 0 Å². The third-order valence-electron chi connectivity index (χ3n) is 4.33. The van der Waals surface area contributed by atoms with Crippen molar-refractivity contribution in [2.45, 2.75) is 26.5 Å². The summed E-state index contributed by atoms with van der Waals surface area (Å²) in [6.07, 6.45) is -0.947. The Hall–Kier alpha value is -2.12. The minimum Gasteiger partial charge on any atom is -0.479 e. The van der Waals surface area contributed by atoms with E-state index in [0.717, 1.165) is 17.9 Å². The maximum Gasteiger partial charge on any atom is 0.334 e. The fraction of sp³-hybridized carbons (Fsp3) is 0.412. The number of hydrogen-bond acceptors (Lipinski definition) is 4. The number of morpholine rings is 1. The van der Waals surface area contributed by atoms with E-state index in [1.807, 2.05) is 31.4 Å². The van der Waals surface area contributed by atoms with Crippen LogP contribution in [-0.2, 0) is 16.1 Å². The number of aryl methyl sites for hydroxylation is 1. The number of amides is 1. The van der Waals surface area contributed by atoms with E-state index in [2.05, 4.69) is 10.6 Å². The number of carbonyl (C=O) groups excluding carboxylic acids is 1. The Kier molecular flexibility index (Phi) is 4.73. The number of hydrogen-bond donors (Lipinski definition) is 1. The van der Waals surface area contributed by atoms with Gasteiger partial charge in [0.15, 0.2) is 6.10 Å². The summed E-state index contributed by atoms with van der Waals surface area (Å²) < 4.78 is 7.31. The van der Waals surface area contributed by atoms with E-state index in [1.54, 1.807) is 16.2 Å². The molecule has 0 aliphatic carbocycles. The van der Waals surface area contributed by atoms with Gasteiger partial charge in [0.25, 0.3) is 5.91 Å². The normalized spacial score (nSPS) is 17.9. The van der Waals surface area contributed by atoms with Crippen LogP contribution in [0.1, 0.15) is 26.6 Å². The molecule has 7 heteroatoms. The van der Waals surface area contributed by atoms with Crippen LogP contribution in [0.2, 0.25) is 0 Å². The Morgan fingerprint density at radius 2 is 2.21 bits per heavy atom. The summed E-state index contributed by atoms with van der Waals surface area (Å²) in [6.45, 7) is 5.40. The second-order valence-corrected chi connectivity index (χ2v) is 6.93. The van der Waals surface area contributed by atoms with E-state index < -0.39 is 12.1 Å². The second kappa shape index (κ2) is 6.78. The van der Waals surface area contributed by atoms with Crippen LogP contribution in [0.15, 0.2) is 23.6 Å².